The van der Waals surface area contributed by atoms with E-state index in [1.807, 2.05) is 31.2 Å². The number of nitrogen functional groups attached to an aromatic ring is 1. The number of anilines is 1. The third kappa shape index (κ3) is 3.23. The molecule has 0 saturated heterocycles. The van der Waals surface area contributed by atoms with E-state index in [-0.39, 0.29) is 6.10 Å². The van der Waals surface area contributed by atoms with Gasteiger partial charge in [-0.3, -0.25) is 0 Å². The Labute approximate surface area is 85.1 Å². The third-order valence-corrected chi connectivity index (χ3v) is 2.09. The summed E-state index contributed by atoms with van der Waals surface area (Å²) >= 11 is 0. The maximum atomic E-state index is 9.68. The monoisotopic (exact) mass is 191 g/mol. The van der Waals surface area contributed by atoms with Crippen molar-refractivity contribution >= 4 is 5.69 Å². The molecule has 2 nitrogen and oxygen atoms in total. The van der Waals surface area contributed by atoms with Crippen LogP contribution in [0.3, 0.4) is 0 Å². The fourth-order valence-electron chi connectivity index (χ4n) is 1.45. The molecular formula is C12H17NO. The minimum atomic E-state index is -0.378. The average Bonchev–Trinajstić information content (AvgIpc) is 2.07. The molecule has 0 aromatic heterocycles. The van der Waals surface area contributed by atoms with Gasteiger partial charge in [0.05, 0.1) is 6.10 Å². The molecule has 0 radical (unpaired) electrons. The van der Waals surface area contributed by atoms with Crippen LogP contribution in [0.15, 0.2) is 36.4 Å². The fraction of sp³-hybridized carbons (Fsp3) is 0.333. The highest BCUT2D eigenvalue weighted by atomic mass is 16.3. The minimum absolute atomic E-state index is 0.378. The molecule has 1 aromatic rings. The Morgan fingerprint density at radius 3 is 2.71 bits per heavy atom. The topological polar surface area (TPSA) is 46.2 Å². The van der Waals surface area contributed by atoms with Crippen molar-refractivity contribution in [2.45, 2.75) is 25.9 Å². The summed E-state index contributed by atoms with van der Waals surface area (Å²) in [5.74, 6) is 0. The predicted molar refractivity (Wildman–Crippen MR) is 60.0 cm³/mol. The van der Waals surface area contributed by atoms with E-state index in [2.05, 4.69) is 6.58 Å². The molecule has 0 aliphatic heterocycles. The molecule has 0 aliphatic carbocycles. The van der Waals surface area contributed by atoms with Gasteiger partial charge in [-0.2, -0.15) is 0 Å². The van der Waals surface area contributed by atoms with Gasteiger partial charge >= 0.3 is 0 Å². The Morgan fingerprint density at radius 2 is 2.14 bits per heavy atom. The van der Waals surface area contributed by atoms with Crippen LogP contribution in [-0.4, -0.2) is 11.2 Å². The number of aliphatic hydroxyl groups excluding tert-OH is 1. The molecule has 0 fully saturated rings. The quantitative estimate of drug-likeness (QED) is 0.565. The Kier molecular flexibility index (Phi) is 3.72. The van der Waals surface area contributed by atoms with Gasteiger partial charge in [0.15, 0.2) is 0 Å². The minimum Gasteiger partial charge on any atom is -0.399 e. The molecule has 1 unspecified atom stereocenters. The summed E-state index contributed by atoms with van der Waals surface area (Å²) < 4.78 is 0. The van der Waals surface area contributed by atoms with E-state index in [1.165, 1.54) is 0 Å². The van der Waals surface area contributed by atoms with Gasteiger partial charge in [0.2, 0.25) is 0 Å². The molecule has 1 atom stereocenters. The zero-order valence-corrected chi connectivity index (χ0v) is 8.53. The van der Waals surface area contributed by atoms with Gasteiger partial charge in [-0.15, -0.1) is 6.58 Å². The molecule has 0 saturated carbocycles. The van der Waals surface area contributed by atoms with Crippen LogP contribution in [0.5, 0.6) is 0 Å². The van der Waals surface area contributed by atoms with Gasteiger partial charge in [-0.25, -0.2) is 0 Å². The zero-order chi connectivity index (χ0) is 10.6. The van der Waals surface area contributed by atoms with E-state index < -0.39 is 0 Å². The lowest BCUT2D eigenvalue weighted by Gasteiger charge is -2.11. The van der Waals surface area contributed by atoms with Crippen LogP contribution in [0.4, 0.5) is 5.69 Å². The molecule has 0 bridgehead atoms. The van der Waals surface area contributed by atoms with E-state index in [0.29, 0.717) is 12.8 Å². The fourth-order valence-corrected chi connectivity index (χ4v) is 1.45. The highest BCUT2D eigenvalue weighted by Gasteiger charge is 2.07. The van der Waals surface area contributed by atoms with Gasteiger partial charge < -0.3 is 10.8 Å². The van der Waals surface area contributed by atoms with E-state index in [0.717, 1.165) is 16.8 Å². The van der Waals surface area contributed by atoms with Crippen molar-refractivity contribution in [1.29, 1.82) is 0 Å². The Morgan fingerprint density at radius 1 is 1.50 bits per heavy atom. The standard InChI is InChI=1S/C12H17NO/c1-9(2)7-11(14)8-10-5-3-4-6-12(10)13/h3-6,11,14H,1,7-8,13H2,2H3. The summed E-state index contributed by atoms with van der Waals surface area (Å²) in [5.41, 5.74) is 8.50. The largest absolute Gasteiger partial charge is 0.399 e. The number of hydrogen-bond donors (Lipinski definition) is 2. The van der Waals surface area contributed by atoms with Crippen molar-refractivity contribution in [2.75, 3.05) is 5.73 Å². The first-order chi connectivity index (χ1) is 6.59. The molecule has 0 aliphatic rings. The molecule has 0 spiro atoms. The van der Waals surface area contributed by atoms with Crippen molar-refractivity contribution < 1.29 is 5.11 Å². The normalized spacial score (nSPS) is 12.4. The van der Waals surface area contributed by atoms with Gasteiger partial charge in [-0.1, -0.05) is 23.8 Å². The summed E-state index contributed by atoms with van der Waals surface area (Å²) in [6, 6.07) is 7.61. The second-order valence-corrected chi connectivity index (χ2v) is 3.72. The van der Waals surface area contributed by atoms with Gasteiger partial charge in [0, 0.05) is 12.1 Å². The molecule has 1 aromatic carbocycles. The summed E-state index contributed by atoms with van der Waals surface area (Å²) in [4.78, 5) is 0. The smallest absolute Gasteiger partial charge is 0.0618 e. The zero-order valence-electron chi connectivity index (χ0n) is 8.53. The maximum Gasteiger partial charge on any atom is 0.0618 e. The summed E-state index contributed by atoms with van der Waals surface area (Å²) in [6.07, 6.45) is 0.852. The first-order valence-corrected chi connectivity index (χ1v) is 4.75. The SMILES string of the molecule is C=C(C)CC(O)Cc1ccccc1N. The molecule has 0 amide bonds. The van der Waals surface area contributed by atoms with Gasteiger partial charge in [-0.05, 0) is 25.0 Å². The summed E-state index contributed by atoms with van der Waals surface area (Å²) in [6.45, 7) is 5.68. The van der Waals surface area contributed by atoms with Crippen LogP contribution in [-0.2, 0) is 6.42 Å². The molecule has 14 heavy (non-hydrogen) atoms. The van der Waals surface area contributed by atoms with Crippen LogP contribution in [0.25, 0.3) is 0 Å². The van der Waals surface area contributed by atoms with Crippen molar-refractivity contribution in [1.82, 2.24) is 0 Å². The second kappa shape index (κ2) is 4.82. The first kappa shape index (κ1) is 10.8. The maximum absolute atomic E-state index is 9.68. The van der Waals surface area contributed by atoms with E-state index >= 15 is 0 Å². The Hall–Kier alpha value is -1.28. The van der Waals surface area contributed by atoms with E-state index in [9.17, 15) is 5.11 Å². The number of rotatable bonds is 4. The lowest BCUT2D eigenvalue weighted by atomic mass is 10.0. The highest BCUT2D eigenvalue weighted by molar-refractivity contribution is 5.46. The number of nitrogens with two attached hydrogens (primary N) is 1. The molecule has 76 valence electrons. The van der Waals surface area contributed by atoms with Crippen LogP contribution >= 0.6 is 0 Å². The summed E-state index contributed by atoms with van der Waals surface area (Å²) in [7, 11) is 0. The number of hydrogen-bond acceptors (Lipinski definition) is 2. The van der Waals surface area contributed by atoms with Crippen molar-refractivity contribution in [3.8, 4) is 0 Å². The predicted octanol–water partition coefficient (Wildman–Crippen LogP) is 2.14. The Bertz CT molecular complexity index is 320. The average molecular weight is 191 g/mol. The second-order valence-electron chi connectivity index (χ2n) is 3.72. The lowest BCUT2D eigenvalue weighted by molar-refractivity contribution is 0.175. The van der Waals surface area contributed by atoms with Gasteiger partial charge in [0.25, 0.3) is 0 Å². The van der Waals surface area contributed by atoms with Crippen molar-refractivity contribution in [3.63, 3.8) is 0 Å². The van der Waals surface area contributed by atoms with Crippen molar-refractivity contribution in [3.05, 3.63) is 42.0 Å². The molecule has 2 heteroatoms. The van der Waals surface area contributed by atoms with Crippen molar-refractivity contribution in [2.24, 2.45) is 0 Å². The molecule has 0 heterocycles. The highest BCUT2D eigenvalue weighted by Crippen LogP contribution is 2.15. The van der Waals surface area contributed by atoms with Crippen LogP contribution in [0, 0.1) is 0 Å². The molecule has 1 rings (SSSR count). The number of para-hydroxylation sites is 1. The van der Waals surface area contributed by atoms with Crippen LogP contribution < -0.4 is 5.73 Å². The molecular weight excluding hydrogens is 174 g/mol. The van der Waals surface area contributed by atoms with E-state index in [1.54, 1.807) is 0 Å². The third-order valence-electron chi connectivity index (χ3n) is 2.09. The number of aliphatic hydroxyl groups is 1. The van der Waals surface area contributed by atoms with Crippen LogP contribution in [0.1, 0.15) is 18.9 Å². The molecule has 3 N–H and O–H groups in total. The van der Waals surface area contributed by atoms with Crippen LogP contribution in [0.2, 0.25) is 0 Å². The Balaban J connectivity index is 2.60. The summed E-state index contributed by atoms with van der Waals surface area (Å²) in [5, 5.41) is 9.68. The lowest BCUT2D eigenvalue weighted by Crippen LogP contribution is -2.11. The van der Waals surface area contributed by atoms with E-state index in [4.69, 9.17) is 5.73 Å². The number of benzene rings is 1. The van der Waals surface area contributed by atoms with Gasteiger partial charge in [0.1, 0.15) is 0 Å². The first-order valence-electron chi connectivity index (χ1n) is 4.75.